The largest absolute Gasteiger partial charge is 0.328 e. The zero-order valence-corrected chi connectivity index (χ0v) is 13.3. The van der Waals surface area contributed by atoms with Crippen molar-refractivity contribution in [3.05, 3.63) is 33.9 Å². The second kappa shape index (κ2) is 5.52. The topological polar surface area (TPSA) is 26.0 Å². The predicted molar refractivity (Wildman–Crippen MR) is 86.2 cm³/mol. The van der Waals surface area contributed by atoms with E-state index in [0.717, 1.165) is 18.3 Å². The fourth-order valence-corrected chi connectivity index (χ4v) is 4.18. The van der Waals surface area contributed by atoms with E-state index in [4.69, 9.17) is 5.73 Å². The summed E-state index contributed by atoms with van der Waals surface area (Å²) in [6.07, 6.45) is 8.92. The molecule has 3 rings (SSSR count). The number of hydrogen-bond acceptors (Lipinski definition) is 1. The monoisotopic (exact) mass is 271 g/mol. The first-order chi connectivity index (χ1) is 9.54. The number of nitrogens with two attached hydrogens (primary N) is 1. The van der Waals surface area contributed by atoms with Crippen LogP contribution >= 0.6 is 0 Å². The molecular weight excluding hydrogens is 242 g/mol. The Morgan fingerprint density at radius 1 is 1.05 bits per heavy atom. The molecule has 0 aromatic heterocycles. The van der Waals surface area contributed by atoms with E-state index in [1.54, 1.807) is 27.8 Å². The van der Waals surface area contributed by atoms with E-state index in [-0.39, 0.29) is 6.04 Å². The van der Waals surface area contributed by atoms with E-state index < -0.39 is 0 Å². The zero-order chi connectivity index (χ0) is 14.3. The molecule has 0 heterocycles. The maximum atomic E-state index is 6.16. The highest BCUT2D eigenvalue weighted by Gasteiger charge is 2.26. The van der Waals surface area contributed by atoms with Crippen LogP contribution in [0, 0.1) is 11.8 Å². The number of hydrogen-bond donors (Lipinski definition) is 1. The normalized spacial score (nSPS) is 26.8. The van der Waals surface area contributed by atoms with Crippen LogP contribution in [0.5, 0.6) is 0 Å². The Bertz CT molecular complexity index is 463. The molecule has 0 radical (unpaired) electrons. The second-order valence-corrected chi connectivity index (χ2v) is 7.51. The number of fused-ring (bicyclic) bond motifs is 2. The Balaban J connectivity index is 2.10. The standard InChI is InChI=1S/C19H29N/c1-12-4-6-15-11-16-7-5-13(2)9-18(16)19(10-14(3)20)17(15)8-12/h11-14H,4-10,20H2,1-3H3. The van der Waals surface area contributed by atoms with Gasteiger partial charge in [0.15, 0.2) is 0 Å². The lowest BCUT2D eigenvalue weighted by Gasteiger charge is -2.32. The van der Waals surface area contributed by atoms with Gasteiger partial charge in [0, 0.05) is 6.04 Å². The molecule has 1 aromatic carbocycles. The van der Waals surface area contributed by atoms with Crippen molar-refractivity contribution in [1.29, 1.82) is 0 Å². The van der Waals surface area contributed by atoms with Gasteiger partial charge in [-0.05, 0) is 91.5 Å². The molecule has 20 heavy (non-hydrogen) atoms. The predicted octanol–water partition coefficient (Wildman–Crippen LogP) is 3.83. The summed E-state index contributed by atoms with van der Waals surface area (Å²) >= 11 is 0. The van der Waals surface area contributed by atoms with Crippen molar-refractivity contribution in [3.63, 3.8) is 0 Å². The molecule has 3 atom stereocenters. The summed E-state index contributed by atoms with van der Waals surface area (Å²) in [5.41, 5.74) is 14.4. The van der Waals surface area contributed by atoms with Crippen molar-refractivity contribution in [2.24, 2.45) is 17.6 Å². The molecule has 1 nitrogen and oxygen atoms in total. The van der Waals surface area contributed by atoms with Gasteiger partial charge in [-0.25, -0.2) is 0 Å². The summed E-state index contributed by atoms with van der Waals surface area (Å²) < 4.78 is 0. The van der Waals surface area contributed by atoms with Crippen molar-refractivity contribution in [2.45, 2.75) is 71.8 Å². The van der Waals surface area contributed by atoms with E-state index in [0.29, 0.717) is 0 Å². The van der Waals surface area contributed by atoms with Crippen molar-refractivity contribution in [2.75, 3.05) is 0 Å². The maximum Gasteiger partial charge on any atom is 0.00511 e. The Morgan fingerprint density at radius 2 is 1.55 bits per heavy atom. The van der Waals surface area contributed by atoms with Gasteiger partial charge in [-0.1, -0.05) is 19.9 Å². The molecule has 3 unspecified atom stereocenters. The number of aryl methyl sites for hydroxylation is 2. The van der Waals surface area contributed by atoms with Crippen LogP contribution in [0.4, 0.5) is 0 Å². The molecule has 0 amide bonds. The number of rotatable bonds is 2. The molecule has 110 valence electrons. The van der Waals surface area contributed by atoms with E-state index in [2.05, 4.69) is 26.8 Å². The molecule has 0 aliphatic heterocycles. The van der Waals surface area contributed by atoms with Crippen molar-refractivity contribution >= 4 is 0 Å². The van der Waals surface area contributed by atoms with E-state index in [9.17, 15) is 0 Å². The van der Waals surface area contributed by atoms with Crippen LogP contribution in [0.3, 0.4) is 0 Å². The minimum atomic E-state index is 0.278. The first-order valence-corrected chi connectivity index (χ1v) is 8.45. The molecule has 1 aromatic rings. The molecule has 2 aliphatic rings. The highest BCUT2D eigenvalue weighted by Crippen LogP contribution is 2.37. The Kier molecular flexibility index (Phi) is 3.90. The van der Waals surface area contributed by atoms with Gasteiger partial charge in [-0.2, -0.15) is 0 Å². The van der Waals surface area contributed by atoms with Crippen LogP contribution in [0.2, 0.25) is 0 Å². The summed E-state index contributed by atoms with van der Waals surface area (Å²) in [5.74, 6) is 1.68. The summed E-state index contributed by atoms with van der Waals surface area (Å²) in [6, 6.07) is 2.83. The molecule has 2 aliphatic carbocycles. The first-order valence-electron chi connectivity index (χ1n) is 8.45. The van der Waals surface area contributed by atoms with Crippen LogP contribution in [0.15, 0.2) is 6.07 Å². The third-order valence-electron chi connectivity index (χ3n) is 5.30. The first kappa shape index (κ1) is 14.1. The van der Waals surface area contributed by atoms with Gasteiger partial charge in [0.1, 0.15) is 0 Å². The maximum absolute atomic E-state index is 6.16. The second-order valence-electron chi connectivity index (χ2n) is 7.51. The van der Waals surface area contributed by atoms with Crippen molar-refractivity contribution < 1.29 is 0 Å². The fourth-order valence-electron chi connectivity index (χ4n) is 4.18. The van der Waals surface area contributed by atoms with Crippen molar-refractivity contribution in [3.8, 4) is 0 Å². The van der Waals surface area contributed by atoms with Crippen molar-refractivity contribution in [1.82, 2.24) is 0 Å². The lowest BCUT2D eigenvalue weighted by molar-refractivity contribution is 0.478. The van der Waals surface area contributed by atoms with Gasteiger partial charge in [0.2, 0.25) is 0 Å². The summed E-state index contributed by atoms with van der Waals surface area (Å²) in [4.78, 5) is 0. The third-order valence-corrected chi connectivity index (χ3v) is 5.30. The molecule has 0 saturated carbocycles. The van der Waals surface area contributed by atoms with E-state index >= 15 is 0 Å². The molecule has 0 bridgehead atoms. The third kappa shape index (κ3) is 2.65. The lowest BCUT2D eigenvalue weighted by Crippen LogP contribution is -2.25. The molecule has 1 heteroatoms. The fraction of sp³-hybridized carbons (Fsp3) is 0.684. The Labute approximate surface area is 124 Å². The van der Waals surface area contributed by atoms with Crippen LogP contribution in [-0.4, -0.2) is 6.04 Å². The molecule has 0 fully saturated rings. The zero-order valence-electron chi connectivity index (χ0n) is 13.3. The average molecular weight is 271 g/mol. The quantitative estimate of drug-likeness (QED) is 0.869. The highest BCUT2D eigenvalue weighted by atomic mass is 14.6. The van der Waals surface area contributed by atoms with Gasteiger partial charge >= 0.3 is 0 Å². The van der Waals surface area contributed by atoms with Crippen LogP contribution in [0.25, 0.3) is 0 Å². The summed E-state index contributed by atoms with van der Waals surface area (Å²) in [5, 5.41) is 0. The van der Waals surface area contributed by atoms with Crippen LogP contribution in [0.1, 0.15) is 61.4 Å². The summed E-state index contributed by atoms with van der Waals surface area (Å²) in [6.45, 7) is 6.96. The smallest absolute Gasteiger partial charge is 0.00511 e. The van der Waals surface area contributed by atoms with Gasteiger partial charge in [-0.3, -0.25) is 0 Å². The molecule has 2 N–H and O–H groups in total. The minimum absolute atomic E-state index is 0.278. The molecule has 0 saturated heterocycles. The molecular formula is C19H29N. The SMILES string of the molecule is CC(N)Cc1c2c(cc3c1CC(C)CC3)CCC(C)C2. The highest BCUT2D eigenvalue weighted by molar-refractivity contribution is 5.49. The minimum Gasteiger partial charge on any atom is -0.328 e. The van der Waals surface area contributed by atoms with E-state index in [1.165, 1.54) is 38.5 Å². The molecule has 0 spiro atoms. The van der Waals surface area contributed by atoms with Gasteiger partial charge < -0.3 is 5.73 Å². The van der Waals surface area contributed by atoms with Gasteiger partial charge in [0.25, 0.3) is 0 Å². The number of benzene rings is 1. The lowest BCUT2D eigenvalue weighted by atomic mass is 9.74. The Morgan fingerprint density at radius 3 is 2.00 bits per heavy atom. The average Bonchev–Trinajstić information content (AvgIpc) is 2.39. The van der Waals surface area contributed by atoms with E-state index in [1.807, 2.05) is 0 Å². The summed E-state index contributed by atoms with van der Waals surface area (Å²) in [7, 11) is 0. The van der Waals surface area contributed by atoms with Crippen LogP contribution in [-0.2, 0) is 32.1 Å². The Hall–Kier alpha value is -0.820. The van der Waals surface area contributed by atoms with Crippen LogP contribution < -0.4 is 5.73 Å². The van der Waals surface area contributed by atoms with Gasteiger partial charge in [-0.15, -0.1) is 0 Å². The van der Waals surface area contributed by atoms with Gasteiger partial charge in [0.05, 0.1) is 0 Å².